The molecule has 1 fully saturated rings. The molecule has 0 aromatic heterocycles. The number of nitrogens with one attached hydrogen (secondary N) is 2. The van der Waals surface area contributed by atoms with E-state index in [9.17, 15) is 18.0 Å². The Bertz CT molecular complexity index is 1100. The van der Waals surface area contributed by atoms with Crippen molar-refractivity contribution in [1.29, 1.82) is 0 Å². The molecular weight excluding hydrogens is 454 g/mol. The van der Waals surface area contributed by atoms with Gasteiger partial charge < -0.3 is 15.4 Å². The van der Waals surface area contributed by atoms with Gasteiger partial charge in [0.15, 0.2) is 0 Å². The fourth-order valence-corrected chi connectivity index (χ4v) is 5.54. The van der Waals surface area contributed by atoms with Crippen molar-refractivity contribution in [3.05, 3.63) is 54.1 Å². The molecule has 2 unspecified atom stereocenters. The minimum atomic E-state index is -3.76. The Balaban J connectivity index is 1.85. The first-order valence-corrected chi connectivity index (χ1v) is 13.2. The van der Waals surface area contributed by atoms with Crippen LogP contribution in [0.2, 0.25) is 0 Å². The number of ether oxygens (including phenoxy) is 1. The molecule has 2 aromatic carbocycles. The summed E-state index contributed by atoms with van der Waals surface area (Å²) in [5.41, 5.74) is 0.789. The van der Waals surface area contributed by atoms with Crippen molar-refractivity contribution in [3.8, 4) is 5.75 Å². The normalized spacial score (nSPS) is 16.0. The molecule has 2 aromatic rings. The molecule has 1 aliphatic heterocycles. The maximum atomic E-state index is 13.2. The largest absolute Gasteiger partial charge is 0.492 e. The van der Waals surface area contributed by atoms with Gasteiger partial charge in [-0.1, -0.05) is 38.5 Å². The Morgan fingerprint density at radius 2 is 1.74 bits per heavy atom. The van der Waals surface area contributed by atoms with Crippen LogP contribution in [-0.2, 0) is 14.8 Å². The molecule has 0 saturated carbocycles. The predicted octanol–water partition coefficient (Wildman–Crippen LogP) is 3.65. The first kappa shape index (κ1) is 25.7. The van der Waals surface area contributed by atoms with Crippen LogP contribution in [0, 0.1) is 5.92 Å². The summed E-state index contributed by atoms with van der Waals surface area (Å²) in [5, 5.41) is 5.62. The van der Waals surface area contributed by atoms with Crippen molar-refractivity contribution in [2.45, 2.75) is 51.0 Å². The topological polar surface area (TPSA) is 105 Å². The highest BCUT2D eigenvalue weighted by Gasteiger charge is 2.31. The van der Waals surface area contributed by atoms with Crippen LogP contribution < -0.4 is 15.4 Å². The number of benzene rings is 2. The zero-order valence-electron chi connectivity index (χ0n) is 19.9. The summed E-state index contributed by atoms with van der Waals surface area (Å²) in [4.78, 5) is 25.9. The highest BCUT2D eigenvalue weighted by molar-refractivity contribution is 7.89. The van der Waals surface area contributed by atoms with Gasteiger partial charge in [0.2, 0.25) is 15.9 Å². The lowest BCUT2D eigenvalue weighted by Crippen LogP contribution is -2.47. The number of carbonyl (C=O) groups excluding carboxylic acids is 2. The van der Waals surface area contributed by atoms with E-state index in [1.54, 1.807) is 43.3 Å². The first-order valence-electron chi connectivity index (χ1n) is 11.7. The van der Waals surface area contributed by atoms with Crippen LogP contribution in [-0.4, -0.2) is 50.3 Å². The van der Waals surface area contributed by atoms with Gasteiger partial charge in [0.25, 0.3) is 5.91 Å². The van der Waals surface area contributed by atoms with Crippen LogP contribution in [0.15, 0.2) is 53.4 Å². The summed E-state index contributed by atoms with van der Waals surface area (Å²) < 4.78 is 33.5. The van der Waals surface area contributed by atoms with Crippen molar-refractivity contribution in [2.75, 3.05) is 25.0 Å². The maximum absolute atomic E-state index is 13.2. The summed E-state index contributed by atoms with van der Waals surface area (Å²) in [7, 11) is -3.76. The number of hydrogen-bond acceptors (Lipinski definition) is 5. The van der Waals surface area contributed by atoms with E-state index in [1.807, 2.05) is 19.9 Å². The molecule has 2 amide bonds. The molecule has 8 nitrogen and oxygen atoms in total. The van der Waals surface area contributed by atoms with Gasteiger partial charge in [-0.25, -0.2) is 8.42 Å². The molecule has 34 heavy (non-hydrogen) atoms. The number of carbonyl (C=O) groups is 2. The van der Waals surface area contributed by atoms with Crippen LogP contribution in [0.5, 0.6) is 5.75 Å². The van der Waals surface area contributed by atoms with Crippen molar-refractivity contribution in [1.82, 2.24) is 9.62 Å². The molecule has 9 heteroatoms. The Morgan fingerprint density at radius 3 is 2.35 bits per heavy atom. The Hall–Kier alpha value is -2.91. The lowest BCUT2D eigenvalue weighted by Gasteiger charge is -2.24. The van der Waals surface area contributed by atoms with Crippen LogP contribution in [0.1, 0.15) is 50.4 Å². The Kier molecular flexibility index (Phi) is 8.68. The minimum Gasteiger partial charge on any atom is -0.492 e. The van der Waals surface area contributed by atoms with Gasteiger partial charge in [0.05, 0.1) is 6.61 Å². The van der Waals surface area contributed by atoms with Crippen molar-refractivity contribution >= 4 is 27.5 Å². The van der Waals surface area contributed by atoms with E-state index in [0.29, 0.717) is 37.4 Å². The van der Waals surface area contributed by atoms with E-state index in [2.05, 4.69) is 10.6 Å². The van der Waals surface area contributed by atoms with Gasteiger partial charge in [-0.3, -0.25) is 9.59 Å². The van der Waals surface area contributed by atoms with Gasteiger partial charge in [-0.2, -0.15) is 4.31 Å². The molecule has 2 N–H and O–H groups in total. The van der Waals surface area contributed by atoms with Crippen LogP contribution in [0.3, 0.4) is 0 Å². The smallest absolute Gasteiger partial charge is 0.251 e. The summed E-state index contributed by atoms with van der Waals surface area (Å²) in [5.74, 6) is -0.635. The van der Waals surface area contributed by atoms with E-state index in [0.717, 1.165) is 12.8 Å². The van der Waals surface area contributed by atoms with Gasteiger partial charge >= 0.3 is 0 Å². The maximum Gasteiger partial charge on any atom is 0.251 e. The van der Waals surface area contributed by atoms with Gasteiger partial charge in [0, 0.05) is 24.3 Å². The average molecular weight is 488 g/mol. The van der Waals surface area contributed by atoms with E-state index in [1.165, 1.54) is 10.4 Å². The molecule has 2 atom stereocenters. The van der Waals surface area contributed by atoms with Crippen molar-refractivity contribution in [3.63, 3.8) is 0 Å². The molecule has 0 radical (unpaired) electrons. The van der Waals surface area contributed by atoms with E-state index >= 15 is 0 Å². The lowest BCUT2D eigenvalue weighted by molar-refractivity contribution is -0.119. The summed E-state index contributed by atoms with van der Waals surface area (Å²) in [6, 6.07) is 12.5. The molecule has 0 spiro atoms. The van der Waals surface area contributed by atoms with E-state index in [4.69, 9.17) is 4.74 Å². The number of hydrogen-bond donors (Lipinski definition) is 2. The number of anilines is 1. The molecule has 1 saturated heterocycles. The molecule has 1 aliphatic rings. The van der Waals surface area contributed by atoms with Gasteiger partial charge in [-0.15, -0.1) is 0 Å². The third-order valence-electron chi connectivity index (χ3n) is 6.01. The number of nitrogens with zero attached hydrogens (tertiary/aromatic N) is 1. The van der Waals surface area contributed by atoms with Crippen molar-refractivity contribution in [2.24, 2.45) is 5.92 Å². The SMILES string of the molecule is CCOc1ccc(NC(=O)C(NC(=O)c2ccccc2)C(C)CC)cc1S(=O)(=O)N1CCCC1. The van der Waals surface area contributed by atoms with Crippen molar-refractivity contribution < 1.29 is 22.7 Å². The molecule has 1 heterocycles. The Labute approximate surface area is 201 Å². The standard InChI is InChI=1S/C25H33N3O5S/c1-4-18(3)23(27-24(29)19-11-7-6-8-12-19)25(30)26-20-13-14-21(33-5-2)22(17-20)34(31,32)28-15-9-10-16-28/h6-8,11-14,17-18,23H,4-5,9-10,15-16H2,1-3H3,(H,26,30)(H,27,29). The number of sulfonamides is 1. The lowest BCUT2D eigenvalue weighted by atomic mass is 9.97. The molecule has 0 bridgehead atoms. The van der Waals surface area contributed by atoms with Crippen LogP contribution in [0.4, 0.5) is 5.69 Å². The van der Waals surface area contributed by atoms with E-state index < -0.39 is 22.0 Å². The van der Waals surface area contributed by atoms with Crippen LogP contribution in [0.25, 0.3) is 0 Å². The first-order chi connectivity index (χ1) is 16.3. The quantitative estimate of drug-likeness (QED) is 0.532. The molecular formula is C25H33N3O5S. The Morgan fingerprint density at radius 1 is 1.06 bits per heavy atom. The van der Waals surface area contributed by atoms with Crippen LogP contribution >= 0.6 is 0 Å². The molecule has 0 aliphatic carbocycles. The summed E-state index contributed by atoms with van der Waals surface area (Å²) in [6.07, 6.45) is 2.31. The zero-order valence-corrected chi connectivity index (χ0v) is 20.7. The monoisotopic (exact) mass is 487 g/mol. The fourth-order valence-electron chi connectivity index (χ4n) is 3.87. The number of amides is 2. The second kappa shape index (κ2) is 11.5. The number of rotatable bonds is 10. The zero-order chi connectivity index (χ0) is 24.7. The summed E-state index contributed by atoms with van der Waals surface area (Å²) in [6.45, 7) is 6.86. The fraction of sp³-hybridized carbons (Fsp3) is 0.440. The van der Waals surface area contributed by atoms with E-state index in [-0.39, 0.29) is 22.5 Å². The second-order valence-electron chi connectivity index (χ2n) is 8.40. The highest BCUT2D eigenvalue weighted by Crippen LogP contribution is 2.32. The highest BCUT2D eigenvalue weighted by atomic mass is 32.2. The predicted molar refractivity (Wildman–Crippen MR) is 131 cm³/mol. The average Bonchev–Trinajstić information content (AvgIpc) is 3.39. The summed E-state index contributed by atoms with van der Waals surface area (Å²) >= 11 is 0. The molecule has 184 valence electrons. The van der Waals surface area contributed by atoms with Gasteiger partial charge in [0.1, 0.15) is 16.7 Å². The minimum absolute atomic E-state index is 0.0301. The second-order valence-corrected chi connectivity index (χ2v) is 10.3. The third-order valence-corrected chi connectivity index (χ3v) is 7.93. The third kappa shape index (κ3) is 5.95. The molecule has 3 rings (SSSR count). The van der Waals surface area contributed by atoms with Gasteiger partial charge in [-0.05, 0) is 56.0 Å².